The molecule has 5 heteroatoms. The maximum Gasteiger partial charge on any atom is 0.187 e. The van der Waals surface area contributed by atoms with Crippen LogP contribution >= 0.6 is 0 Å². The third-order valence-corrected chi connectivity index (χ3v) is 3.12. The number of halogens is 1. The van der Waals surface area contributed by atoms with Crippen molar-refractivity contribution < 1.29 is 9.13 Å². The number of nitrogens with zero attached hydrogens (tertiary/aromatic N) is 2. The Morgan fingerprint density at radius 2 is 1.81 bits per heavy atom. The molecule has 1 heterocycles. The highest BCUT2D eigenvalue weighted by Crippen LogP contribution is 2.25. The number of benzene rings is 1. The fourth-order valence-electron chi connectivity index (χ4n) is 1.95. The molecule has 1 aromatic heterocycles. The fourth-order valence-corrected chi connectivity index (χ4v) is 1.95. The van der Waals surface area contributed by atoms with Gasteiger partial charge in [0, 0.05) is 12.0 Å². The quantitative estimate of drug-likeness (QED) is 0.935. The molecule has 0 amide bonds. The molecule has 0 fully saturated rings. The van der Waals surface area contributed by atoms with Crippen LogP contribution in [0.3, 0.4) is 0 Å². The van der Waals surface area contributed by atoms with Gasteiger partial charge in [-0.25, -0.2) is 14.4 Å². The average Bonchev–Trinajstić information content (AvgIpc) is 2.45. The van der Waals surface area contributed by atoms with Gasteiger partial charge in [0.15, 0.2) is 11.6 Å². The summed E-state index contributed by atoms with van der Waals surface area (Å²) in [5.74, 6) is 0.631. The van der Waals surface area contributed by atoms with E-state index in [2.05, 4.69) is 15.3 Å². The Bertz CT molecular complexity index is 606. The Balaban J connectivity index is 2.13. The summed E-state index contributed by atoms with van der Waals surface area (Å²) < 4.78 is 19.5. The topological polar surface area (TPSA) is 47.0 Å². The van der Waals surface area contributed by atoms with Crippen molar-refractivity contribution in [3.63, 3.8) is 0 Å². The van der Waals surface area contributed by atoms with Gasteiger partial charge in [0.1, 0.15) is 12.1 Å². The van der Waals surface area contributed by atoms with Crippen LogP contribution in [0.15, 0.2) is 30.6 Å². The largest absolute Gasteiger partial charge is 0.497 e. The average molecular weight is 289 g/mol. The van der Waals surface area contributed by atoms with Gasteiger partial charge in [-0.05, 0) is 17.7 Å². The van der Waals surface area contributed by atoms with Gasteiger partial charge < -0.3 is 10.1 Å². The van der Waals surface area contributed by atoms with Crippen LogP contribution in [-0.4, -0.2) is 17.1 Å². The second kappa shape index (κ2) is 6.08. The second-order valence-corrected chi connectivity index (χ2v) is 5.84. The van der Waals surface area contributed by atoms with Gasteiger partial charge in [0.25, 0.3) is 0 Å². The highest BCUT2D eigenvalue weighted by Gasteiger charge is 2.22. The first-order chi connectivity index (χ1) is 9.91. The van der Waals surface area contributed by atoms with Crippen molar-refractivity contribution in [1.82, 2.24) is 9.97 Å². The minimum atomic E-state index is -0.390. The molecule has 1 N–H and O–H groups in total. The van der Waals surface area contributed by atoms with E-state index < -0.39 is 5.82 Å². The smallest absolute Gasteiger partial charge is 0.187 e. The van der Waals surface area contributed by atoms with E-state index in [1.54, 1.807) is 7.11 Å². The molecular formula is C16H20FN3O. The lowest BCUT2D eigenvalue weighted by atomic mass is 9.91. The highest BCUT2D eigenvalue weighted by molar-refractivity contribution is 5.40. The highest BCUT2D eigenvalue weighted by atomic mass is 19.1. The van der Waals surface area contributed by atoms with Gasteiger partial charge in [0.05, 0.1) is 12.8 Å². The lowest BCUT2D eigenvalue weighted by Crippen LogP contribution is -2.18. The van der Waals surface area contributed by atoms with Crippen LogP contribution in [0.2, 0.25) is 0 Å². The Labute approximate surface area is 124 Å². The molecule has 0 aliphatic heterocycles. The molecule has 0 spiro atoms. The fraction of sp³-hybridized carbons (Fsp3) is 0.375. The second-order valence-electron chi connectivity index (χ2n) is 5.84. The molecule has 0 bridgehead atoms. The molecule has 0 unspecified atom stereocenters. The third kappa shape index (κ3) is 3.68. The van der Waals surface area contributed by atoms with Gasteiger partial charge in [-0.2, -0.15) is 0 Å². The number of nitrogens with one attached hydrogen (secondary N) is 1. The molecule has 0 radical (unpaired) electrons. The summed E-state index contributed by atoms with van der Waals surface area (Å²) in [6, 6.07) is 7.59. The lowest BCUT2D eigenvalue weighted by Gasteiger charge is -2.19. The van der Waals surface area contributed by atoms with Crippen LogP contribution in [0.4, 0.5) is 10.2 Å². The van der Waals surface area contributed by atoms with E-state index in [4.69, 9.17) is 4.74 Å². The van der Waals surface area contributed by atoms with Crippen molar-refractivity contribution in [3.05, 3.63) is 47.7 Å². The molecule has 4 nitrogen and oxygen atoms in total. The van der Waals surface area contributed by atoms with E-state index in [-0.39, 0.29) is 11.2 Å². The number of ether oxygens (including phenoxy) is 1. The summed E-state index contributed by atoms with van der Waals surface area (Å²) >= 11 is 0. The minimum absolute atomic E-state index is 0.228. The van der Waals surface area contributed by atoms with E-state index in [9.17, 15) is 4.39 Å². The molecule has 21 heavy (non-hydrogen) atoms. The molecule has 0 aliphatic carbocycles. The van der Waals surface area contributed by atoms with Crippen molar-refractivity contribution >= 4 is 5.82 Å². The number of rotatable bonds is 4. The molecule has 1 aromatic carbocycles. The molecule has 0 atom stereocenters. The van der Waals surface area contributed by atoms with Crippen LogP contribution < -0.4 is 10.1 Å². The minimum Gasteiger partial charge on any atom is -0.497 e. The van der Waals surface area contributed by atoms with Crippen LogP contribution in [0.1, 0.15) is 32.0 Å². The van der Waals surface area contributed by atoms with Crippen molar-refractivity contribution in [2.24, 2.45) is 0 Å². The lowest BCUT2D eigenvalue weighted by molar-refractivity contribution is 0.414. The van der Waals surface area contributed by atoms with Gasteiger partial charge in [0.2, 0.25) is 0 Å². The van der Waals surface area contributed by atoms with Gasteiger partial charge >= 0.3 is 0 Å². The summed E-state index contributed by atoms with van der Waals surface area (Å²) in [4.78, 5) is 8.02. The summed E-state index contributed by atoms with van der Waals surface area (Å²) in [5.41, 5.74) is 1.07. The van der Waals surface area contributed by atoms with Crippen LogP contribution in [0.25, 0.3) is 0 Å². The SMILES string of the molecule is COc1ccc(CNc2ncnc(C(C)(C)C)c2F)cc1. The molecule has 2 rings (SSSR count). The van der Waals surface area contributed by atoms with Crippen molar-refractivity contribution in [2.75, 3.05) is 12.4 Å². The Hall–Kier alpha value is -2.17. The number of hydrogen-bond donors (Lipinski definition) is 1. The van der Waals surface area contributed by atoms with E-state index in [1.165, 1.54) is 6.33 Å². The standard InChI is InChI=1S/C16H20FN3O/c1-16(2,3)14-13(17)15(20-10-19-14)18-9-11-5-7-12(21-4)8-6-11/h5-8,10H,9H2,1-4H3,(H,18,19,20). The maximum absolute atomic E-state index is 14.4. The van der Waals surface area contributed by atoms with Gasteiger partial charge in [-0.3, -0.25) is 0 Å². The van der Waals surface area contributed by atoms with Crippen LogP contribution in [0.5, 0.6) is 5.75 Å². The van der Waals surface area contributed by atoms with Crippen molar-refractivity contribution in [3.8, 4) is 5.75 Å². The Morgan fingerprint density at radius 3 is 2.38 bits per heavy atom. The third-order valence-electron chi connectivity index (χ3n) is 3.12. The molecule has 0 saturated carbocycles. The monoisotopic (exact) mass is 289 g/mol. The predicted octanol–water partition coefficient (Wildman–Crippen LogP) is 3.53. The number of hydrogen-bond acceptors (Lipinski definition) is 4. The number of anilines is 1. The zero-order valence-corrected chi connectivity index (χ0v) is 12.8. The molecule has 0 saturated heterocycles. The number of aromatic nitrogens is 2. The Kier molecular flexibility index (Phi) is 4.40. The molecule has 112 valence electrons. The normalized spacial score (nSPS) is 11.3. The van der Waals surface area contributed by atoms with Gasteiger partial charge in [-0.15, -0.1) is 0 Å². The first-order valence-corrected chi connectivity index (χ1v) is 6.79. The summed E-state index contributed by atoms with van der Waals surface area (Å²) in [7, 11) is 1.62. The summed E-state index contributed by atoms with van der Waals surface area (Å²) in [5, 5.41) is 3.01. The number of methoxy groups -OCH3 is 1. The summed E-state index contributed by atoms with van der Waals surface area (Å²) in [6.07, 6.45) is 1.39. The van der Waals surface area contributed by atoms with Crippen molar-refractivity contribution in [1.29, 1.82) is 0 Å². The van der Waals surface area contributed by atoms with Crippen molar-refractivity contribution in [2.45, 2.75) is 32.7 Å². The van der Waals surface area contributed by atoms with Crippen LogP contribution in [0, 0.1) is 5.82 Å². The molecule has 2 aromatic rings. The first-order valence-electron chi connectivity index (χ1n) is 6.79. The Morgan fingerprint density at radius 1 is 1.14 bits per heavy atom. The zero-order valence-electron chi connectivity index (χ0n) is 12.8. The van der Waals surface area contributed by atoms with E-state index in [1.807, 2.05) is 45.0 Å². The molecular weight excluding hydrogens is 269 g/mol. The van der Waals surface area contributed by atoms with Gasteiger partial charge in [-0.1, -0.05) is 32.9 Å². The van der Waals surface area contributed by atoms with E-state index in [0.29, 0.717) is 12.2 Å². The van der Waals surface area contributed by atoms with E-state index in [0.717, 1.165) is 11.3 Å². The maximum atomic E-state index is 14.4. The van der Waals surface area contributed by atoms with E-state index >= 15 is 0 Å². The summed E-state index contributed by atoms with van der Waals surface area (Å²) in [6.45, 7) is 6.25. The molecule has 0 aliphatic rings. The predicted molar refractivity (Wildman–Crippen MR) is 81.0 cm³/mol. The zero-order chi connectivity index (χ0) is 15.5. The van der Waals surface area contributed by atoms with Crippen LogP contribution in [-0.2, 0) is 12.0 Å². The first kappa shape index (κ1) is 15.2.